The predicted molar refractivity (Wildman–Crippen MR) is 129 cm³/mol. The molecule has 0 spiro atoms. The summed E-state index contributed by atoms with van der Waals surface area (Å²) in [5.41, 5.74) is 7.30. The Hall–Kier alpha value is -3.87. The first-order chi connectivity index (χ1) is 17.5. The normalized spacial score (nSPS) is 14.8. The Morgan fingerprint density at radius 2 is 1.81 bits per heavy atom. The zero-order valence-electron chi connectivity index (χ0n) is 19.2. The van der Waals surface area contributed by atoms with Crippen molar-refractivity contribution in [1.82, 2.24) is 14.5 Å². The molecule has 13 heteroatoms. The number of anilines is 2. The highest BCUT2D eigenvalue weighted by atomic mass is 32.2. The van der Waals surface area contributed by atoms with E-state index in [9.17, 15) is 21.6 Å². The Morgan fingerprint density at radius 1 is 1.08 bits per heavy atom. The number of nitrogens with one attached hydrogen (secondary N) is 1. The van der Waals surface area contributed by atoms with Crippen molar-refractivity contribution in [2.45, 2.75) is 43.0 Å². The van der Waals surface area contributed by atoms with Gasteiger partial charge in [-0.3, -0.25) is 4.72 Å². The topological polar surface area (TPSA) is 112 Å². The van der Waals surface area contributed by atoms with Gasteiger partial charge >= 0.3 is 6.36 Å². The summed E-state index contributed by atoms with van der Waals surface area (Å²) in [5.74, 6) is -1.65. The standard InChI is InChI=1S/C24H21F4N5O3S/c25-17-11-14(16-12-33(15-5-1-2-6-15)23-21(16)22(29)30-13-31-23)9-10-18(17)32-37(34,35)20-8-4-3-7-19(20)36-24(26,27)28/h3-4,7-13,15,32H,1-2,5-6H2,(H2,29,30,31). The molecule has 1 saturated carbocycles. The molecule has 4 aromatic rings. The molecule has 1 fully saturated rings. The number of benzene rings is 2. The highest BCUT2D eigenvalue weighted by Crippen LogP contribution is 2.39. The number of aromatic nitrogens is 3. The molecule has 0 atom stereocenters. The zero-order valence-corrected chi connectivity index (χ0v) is 20.0. The number of fused-ring (bicyclic) bond motifs is 1. The van der Waals surface area contributed by atoms with Crippen LogP contribution in [-0.2, 0) is 10.0 Å². The van der Waals surface area contributed by atoms with Gasteiger partial charge < -0.3 is 15.0 Å². The summed E-state index contributed by atoms with van der Waals surface area (Å²) >= 11 is 0. The molecule has 2 aromatic heterocycles. The van der Waals surface area contributed by atoms with Gasteiger partial charge in [0, 0.05) is 17.8 Å². The minimum Gasteiger partial charge on any atom is -0.404 e. The molecule has 194 valence electrons. The second-order valence-corrected chi connectivity index (χ2v) is 10.3. The first-order valence-corrected chi connectivity index (χ1v) is 12.8. The van der Waals surface area contributed by atoms with Gasteiger partial charge in [0.05, 0.1) is 11.1 Å². The summed E-state index contributed by atoms with van der Waals surface area (Å²) in [6.07, 6.45) is 2.22. The highest BCUT2D eigenvalue weighted by molar-refractivity contribution is 7.92. The Labute approximate surface area is 209 Å². The van der Waals surface area contributed by atoms with Crippen molar-refractivity contribution in [3.05, 3.63) is 60.8 Å². The average molecular weight is 536 g/mol. The number of ether oxygens (including phenoxy) is 1. The Kier molecular flexibility index (Phi) is 6.18. The fraction of sp³-hybridized carbons (Fsp3) is 0.250. The molecule has 5 rings (SSSR count). The molecule has 0 bridgehead atoms. The summed E-state index contributed by atoms with van der Waals surface area (Å²) in [6, 6.07) is 8.21. The van der Waals surface area contributed by atoms with Gasteiger partial charge in [-0.2, -0.15) is 0 Å². The van der Waals surface area contributed by atoms with Gasteiger partial charge in [-0.25, -0.2) is 22.8 Å². The number of rotatable bonds is 6. The summed E-state index contributed by atoms with van der Waals surface area (Å²) in [6.45, 7) is 0. The van der Waals surface area contributed by atoms with Crippen LogP contribution >= 0.6 is 0 Å². The van der Waals surface area contributed by atoms with E-state index in [1.165, 1.54) is 30.6 Å². The minimum absolute atomic E-state index is 0.223. The summed E-state index contributed by atoms with van der Waals surface area (Å²) in [7, 11) is -4.62. The van der Waals surface area contributed by atoms with Crippen LogP contribution in [0, 0.1) is 5.82 Å². The van der Waals surface area contributed by atoms with Crippen molar-refractivity contribution in [1.29, 1.82) is 0 Å². The van der Waals surface area contributed by atoms with E-state index < -0.39 is 38.5 Å². The first kappa shape index (κ1) is 24.8. The van der Waals surface area contributed by atoms with E-state index in [1.807, 2.05) is 15.5 Å². The summed E-state index contributed by atoms with van der Waals surface area (Å²) in [4.78, 5) is 7.66. The largest absolute Gasteiger partial charge is 0.573 e. The van der Waals surface area contributed by atoms with Crippen LogP contribution in [0.2, 0.25) is 0 Å². The molecule has 1 aliphatic carbocycles. The number of hydrogen-bond acceptors (Lipinski definition) is 6. The third-order valence-corrected chi connectivity index (χ3v) is 7.65. The molecule has 3 N–H and O–H groups in total. The van der Waals surface area contributed by atoms with Crippen molar-refractivity contribution in [3.8, 4) is 16.9 Å². The molecule has 2 aromatic carbocycles. The van der Waals surface area contributed by atoms with Crippen LogP contribution < -0.4 is 15.2 Å². The third-order valence-electron chi connectivity index (χ3n) is 6.25. The van der Waals surface area contributed by atoms with Crippen LogP contribution in [0.5, 0.6) is 5.75 Å². The van der Waals surface area contributed by atoms with Crippen molar-refractivity contribution >= 4 is 32.6 Å². The second-order valence-electron chi connectivity index (χ2n) is 8.64. The number of nitrogen functional groups attached to an aromatic ring is 1. The fourth-order valence-corrected chi connectivity index (χ4v) is 5.83. The van der Waals surface area contributed by atoms with Gasteiger partial charge in [0.2, 0.25) is 0 Å². The van der Waals surface area contributed by atoms with Gasteiger partial charge in [-0.1, -0.05) is 31.0 Å². The van der Waals surface area contributed by atoms with Crippen molar-refractivity contribution in [3.63, 3.8) is 0 Å². The molecular weight excluding hydrogens is 514 g/mol. The van der Waals surface area contributed by atoms with Gasteiger partial charge in [-0.15, -0.1) is 13.2 Å². The van der Waals surface area contributed by atoms with E-state index in [0.29, 0.717) is 22.2 Å². The van der Waals surface area contributed by atoms with Crippen LogP contribution in [0.3, 0.4) is 0 Å². The number of halogens is 4. The quantitative estimate of drug-likeness (QED) is 0.309. The van der Waals surface area contributed by atoms with Crippen molar-refractivity contribution in [2.24, 2.45) is 0 Å². The van der Waals surface area contributed by atoms with Crippen LogP contribution in [0.4, 0.5) is 29.1 Å². The molecule has 0 saturated heterocycles. The highest BCUT2D eigenvalue weighted by Gasteiger charge is 2.34. The van der Waals surface area contributed by atoms with Gasteiger partial charge in [0.15, 0.2) is 0 Å². The number of sulfonamides is 1. The lowest BCUT2D eigenvalue weighted by Gasteiger charge is -2.15. The molecule has 0 radical (unpaired) electrons. The van der Waals surface area contributed by atoms with E-state index in [2.05, 4.69) is 14.7 Å². The predicted octanol–water partition coefficient (Wildman–Crippen LogP) is 5.63. The summed E-state index contributed by atoms with van der Waals surface area (Å²) in [5, 5.41) is 0.556. The van der Waals surface area contributed by atoms with E-state index in [4.69, 9.17) is 5.73 Å². The average Bonchev–Trinajstić information content (AvgIpc) is 3.48. The number of alkyl halides is 3. The third kappa shape index (κ3) is 4.90. The molecule has 8 nitrogen and oxygen atoms in total. The lowest BCUT2D eigenvalue weighted by atomic mass is 10.1. The molecule has 0 aliphatic heterocycles. The van der Waals surface area contributed by atoms with Crippen LogP contribution in [0.1, 0.15) is 31.7 Å². The maximum Gasteiger partial charge on any atom is 0.573 e. The number of hydrogen-bond donors (Lipinski definition) is 2. The smallest absolute Gasteiger partial charge is 0.404 e. The molecule has 0 amide bonds. The van der Waals surface area contributed by atoms with E-state index in [1.54, 1.807) is 0 Å². The Bertz CT molecular complexity index is 1580. The lowest BCUT2D eigenvalue weighted by Crippen LogP contribution is -2.21. The maximum atomic E-state index is 15.2. The number of para-hydroxylation sites is 1. The monoisotopic (exact) mass is 535 g/mol. The van der Waals surface area contributed by atoms with Crippen LogP contribution in [0.15, 0.2) is 59.9 Å². The van der Waals surface area contributed by atoms with Crippen LogP contribution in [-0.4, -0.2) is 29.3 Å². The first-order valence-electron chi connectivity index (χ1n) is 11.3. The molecule has 0 unspecified atom stereocenters. The Morgan fingerprint density at radius 3 is 2.51 bits per heavy atom. The number of nitrogens with two attached hydrogens (primary N) is 1. The second kappa shape index (κ2) is 9.21. The maximum absolute atomic E-state index is 15.2. The molecular formula is C24H21F4N5O3S. The van der Waals surface area contributed by atoms with Crippen molar-refractivity contribution in [2.75, 3.05) is 10.5 Å². The summed E-state index contributed by atoms with van der Waals surface area (Å²) < 4.78 is 86.8. The van der Waals surface area contributed by atoms with Gasteiger partial charge in [0.25, 0.3) is 10.0 Å². The molecule has 1 aliphatic rings. The minimum atomic E-state index is -5.11. The van der Waals surface area contributed by atoms with Gasteiger partial charge in [0.1, 0.15) is 34.3 Å². The van der Waals surface area contributed by atoms with Gasteiger partial charge in [-0.05, 0) is 42.7 Å². The number of nitrogens with zero attached hydrogens (tertiary/aromatic N) is 3. The molecule has 37 heavy (non-hydrogen) atoms. The Balaban J connectivity index is 1.50. The lowest BCUT2D eigenvalue weighted by molar-refractivity contribution is -0.275. The zero-order chi connectivity index (χ0) is 26.4. The van der Waals surface area contributed by atoms with E-state index >= 15 is 4.39 Å². The fourth-order valence-electron chi connectivity index (χ4n) is 4.63. The van der Waals surface area contributed by atoms with Crippen molar-refractivity contribution < 1.29 is 30.7 Å². The van der Waals surface area contributed by atoms with Crippen LogP contribution in [0.25, 0.3) is 22.2 Å². The van der Waals surface area contributed by atoms with E-state index in [-0.39, 0.29) is 11.9 Å². The molecule has 2 heterocycles. The van der Waals surface area contributed by atoms with E-state index in [0.717, 1.165) is 43.9 Å². The SMILES string of the molecule is Nc1ncnc2c1c(-c1ccc(NS(=O)(=O)c3ccccc3OC(F)(F)F)c(F)c1)cn2C1CCCC1.